The van der Waals surface area contributed by atoms with Gasteiger partial charge in [-0.2, -0.15) is 0 Å². The molecule has 0 aromatic heterocycles. The minimum atomic E-state index is -3.59. The molecular formula is C23H30N2O5S. The molecule has 0 bridgehead atoms. The molecule has 1 N–H and O–H groups in total. The molecule has 31 heavy (non-hydrogen) atoms. The van der Waals surface area contributed by atoms with Gasteiger partial charge >= 0.3 is 0 Å². The number of carbonyl (C=O) groups is 1. The van der Waals surface area contributed by atoms with Gasteiger partial charge < -0.3 is 14.8 Å². The molecule has 7 nitrogen and oxygen atoms in total. The number of nitrogens with zero attached hydrogens (tertiary/aromatic N) is 1. The van der Waals surface area contributed by atoms with Crippen LogP contribution in [0.3, 0.4) is 0 Å². The molecule has 0 saturated carbocycles. The van der Waals surface area contributed by atoms with E-state index in [-0.39, 0.29) is 24.4 Å². The number of sulfonamides is 1. The number of anilines is 1. The van der Waals surface area contributed by atoms with Gasteiger partial charge in [0.1, 0.15) is 11.5 Å². The lowest BCUT2D eigenvalue weighted by Gasteiger charge is -2.35. The lowest BCUT2D eigenvalue weighted by Crippen LogP contribution is -2.50. The van der Waals surface area contributed by atoms with Crippen LogP contribution < -0.4 is 19.1 Å². The van der Waals surface area contributed by atoms with Crippen molar-refractivity contribution in [2.24, 2.45) is 0 Å². The fraction of sp³-hybridized carbons (Fsp3) is 0.435. The first kappa shape index (κ1) is 22.9. The Morgan fingerprint density at radius 1 is 1.23 bits per heavy atom. The first-order chi connectivity index (χ1) is 14.5. The zero-order valence-electron chi connectivity index (χ0n) is 18.6. The van der Waals surface area contributed by atoms with E-state index >= 15 is 0 Å². The summed E-state index contributed by atoms with van der Waals surface area (Å²) < 4.78 is 37.6. The summed E-state index contributed by atoms with van der Waals surface area (Å²) in [5.41, 5.74) is 2.18. The highest BCUT2D eigenvalue weighted by Crippen LogP contribution is 2.38. The summed E-state index contributed by atoms with van der Waals surface area (Å²) in [4.78, 5) is 12.8. The predicted octanol–water partition coefficient (Wildman–Crippen LogP) is 3.23. The molecule has 0 spiro atoms. The second-order valence-electron chi connectivity index (χ2n) is 8.63. The Hall–Kier alpha value is -2.74. The molecule has 8 heteroatoms. The SMILES string of the molecule is CCOc1cccc(CNC(=O)[C@@H]2CN(S(C)(=O)=O)c3cc(C(C)(C)C)ccc3O2)c1. The number of hydrogen-bond acceptors (Lipinski definition) is 5. The summed E-state index contributed by atoms with van der Waals surface area (Å²) in [5.74, 6) is 0.735. The molecule has 1 amide bonds. The smallest absolute Gasteiger partial charge is 0.263 e. The maximum absolute atomic E-state index is 12.8. The number of fused-ring (bicyclic) bond motifs is 1. The van der Waals surface area contributed by atoms with Gasteiger partial charge in [0.2, 0.25) is 10.0 Å². The Kier molecular flexibility index (Phi) is 6.50. The lowest BCUT2D eigenvalue weighted by atomic mass is 9.86. The number of amides is 1. The standard InChI is InChI=1S/C23H30N2O5S/c1-6-29-18-9-7-8-16(12-18)14-24-22(26)21-15-25(31(5,27)28)19-13-17(23(2,3)4)10-11-20(19)30-21/h7-13,21H,6,14-15H2,1-5H3,(H,24,26)/t21-/m0/s1. The van der Waals surface area contributed by atoms with Crippen molar-refractivity contribution in [1.82, 2.24) is 5.32 Å². The third-order valence-electron chi connectivity index (χ3n) is 5.06. The summed E-state index contributed by atoms with van der Waals surface area (Å²) in [7, 11) is -3.59. The van der Waals surface area contributed by atoms with Gasteiger partial charge in [-0.1, -0.05) is 39.0 Å². The average Bonchev–Trinajstić information content (AvgIpc) is 2.70. The van der Waals surface area contributed by atoms with Crippen LogP contribution in [-0.4, -0.2) is 39.8 Å². The first-order valence-corrected chi connectivity index (χ1v) is 12.1. The summed E-state index contributed by atoms with van der Waals surface area (Å²) in [5, 5.41) is 2.84. The van der Waals surface area contributed by atoms with E-state index in [0.717, 1.165) is 23.1 Å². The van der Waals surface area contributed by atoms with E-state index < -0.39 is 16.1 Å². The third-order valence-corrected chi connectivity index (χ3v) is 6.21. The van der Waals surface area contributed by atoms with E-state index in [4.69, 9.17) is 9.47 Å². The third kappa shape index (κ3) is 5.50. The quantitative estimate of drug-likeness (QED) is 0.736. The van der Waals surface area contributed by atoms with Gasteiger partial charge in [0, 0.05) is 6.54 Å². The molecule has 1 aliphatic rings. The Labute approximate surface area is 184 Å². The van der Waals surface area contributed by atoms with Crippen LogP contribution in [0.1, 0.15) is 38.8 Å². The number of carbonyl (C=O) groups excluding carboxylic acids is 1. The van der Waals surface area contributed by atoms with Gasteiger partial charge in [-0.3, -0.25) is 9.10 Å². The minimum Gasteiger partial charge on any atom is -0.494 e. The van der Waals surface area contributed by atoms with Crippen LogP contribution in [0.5, 0.6) is 11.5 Å². The molecule has 0 saturated heterocycles. The van der Waals surface area contributed by atoms with Gasteiger partial charge in [0.25, 0.3) is 5.91 Å². The molecule has 0 unspecified atom stereocenters. The Balaban J connectivity index is 1.79. The number of rotatable bonds is 6. The van der Waals surface area contributed by atoms with E-state index in [1.54, 1.807) is 6.07 Å². The minimum absolute atomic E-state index is 0.0791. The Morgan fingerprint density at radius 2 is 1.97 bits per heavy atom. The number of benzene rings is 2. The highest BCUT2D eigenvalue weighted by atomic mass is 32.2. The van der Waals surface area contributed by atoms with Crippen molar-refractivity contribution >= 4 is 21.6 Å². The molecule has 2 aromatic rings. The lowest BCUT2D eigenvalue weighted by molar-refractivity contribution is -0.127. The maximum Gasteiger partial charge on any atom is 0.263 e. The molecule has 0 fully saturated rings. The molecular weight excluding hydrogens is 416 g/mol. The fourth-order valence-electron chi connectivity index (χ4n) is 3.38. The van der Waals surface area contributed by atoms with Crippen LogP contribution in [-0.2, 0) is 26.8 Å². The highest BCUT2D eigenvalue weighted by Gasteiger charge is 2.35. The van der Waals surface area contributed by atoms with Crippen molar-refractivity contribution in [1.29, 1.82) is 0 Å². The largest absolute Gasteiger partial charge is 0.494 e. The van der Waals surface area contributed by atoms with Crippen molar-refractivity contribution in [3.63, 3.8) is 0 Å². The molecule has 1 aliphatic heterocycles. The second kappa shape index (κ2) is 8.78. The Morgan fingerprint density at radius 3 is 2.61 bits per heavy atom. The van der Waals surface area contributed by atoms with Crippen LogP contribution in [0.2, 0.25) is 0 Å². The predicted molar refractivity (Wildman–Crippen MR) is 121 cm³/mol. The number of hydrogen-bond donors (Lipinski definition) is 1. The molecule has 1 atom stereocenters. The summed E-state index contributed by atoms with van der Waals surface area (Å²) in [6.07, 6.45) is 0.192. The van der Waals surface area contributed by atoms with Gasteiger partial charge in [-0.25, -0.2) is 8.42 Å². The average molecular weight is 447 g/mol. The van der Waals surface area contributed by atoms with Crippen LogP contribution in [0, 0.1) is 0 Å². The van der Waals surface area contributed by atoms with Gasteiger partial charge in [-0.05, 0) is 47.7 Å². The normalized spacial score (nSPS) is 16.3. The van der Waals surface area contributed by atoms with Gasteiger partial charge in [0.05, 0.1) is 25.1 Å². The van der Waals surface area contributed by atoms with Crippen LogP contribution in [0.4, 0.5) is 5.69 Å². The zero-order chi connectivity index (χ0) is 22.8. The van der Waals surface area contributed by atoms with Crippen molar-refractivity contribution in [2.45, 2.75) is 45.8 Å². The van der Waals surface area contributed by atoms with Crippen LogP contribution in [0.25, 0.3) is 0 Å². The van der Waals surface area contributed by atoms with Crippen molar-refractivity contribution in [2.75, 3.05) is 23.7 Å². The summed E-state index contributed by atoms with van der Waals surface area (Å²) in [6, 6.07) is 12.9. The van der Waals surface area contributed by atoms with Gasteiger partial charge in [-0.15, -0.1) is 0 Å². The van der Waals surface area contributed by atoms with E-state index in [1.807, 2.05) is 43.3 Å². The maximum atomic E-state index is 12.8. The summed E-state index contributed by atoms with van der Waals surface area (Å²) >= 11 is 0. The van der Waals surface area contributed by atoms with E-state index in [1.165, 1.54) is 4.31 Å². The van der Waals surface area contributed by atoms with E-state index in [9.17, 15) is 13.2 Å². The molecule has 2 aromatic carbocycles. The van der Waals surface area contributed by atoms with Crippen molar-refractivity contribution < 1.29 is 22.7 Å². The second-order valence-corrected chi connectivity index (χ2v) is 10.5. The first-order valence-electron chi connectivity index (χ1n) is 10.3. The van der Waals surface area contributed by atoms with Gasteiger partial charge in [0.15, 0.2) is 6.10 Å². The van der Waals surface area contributed by atoms with E-state index in [0.29, 0.717) is 18.0 Å². The molecule has 1 heterocycles. The monoisotopic (exact) mass is 446 g/mol. The highest BCUT2D eigenvalue weighted by molar-refractivity contribution is 7.92. The molecule has 0 radical (unpaired) electrons. The zero-order valence-corrected chi connectivity index (χ0v) is 19.5. The topological polar surface area (TPSA) is 84.9 Å². The van der Waals surface area contributed by atoms with Crippen LogP contribution >= 0.6 is 0 Å². The Bertz CT molecular complexity index is 1060. The van der Waals surface area contributed by atoms with Crippen molar-refractivity contribution in [3.05, 3.63) is 53.6 Å². The van der Waals surface area contributed by atoms with Crippen molar-refractivity contribution in [3.8, 4) is 11.5 Å². The van der Waals surface area contributed by atoms with Crippen LogP contribution in [0.15, 0.2) is 42.5 Å². The number of nitrogens with one attached hydrogen (secondary N) is 1. The summed E-state index contributed by atoms with van der Waals surface area (Å²) in [6.45, 7) is 8.84. The molecule has 168 valence electrons. The molecule has 3 rings (SSSR count). The molecule has 0 aliphatic carbocycles. The fourth-order valence-corrected chi connectivity index (χ4v) is 4.29. The van der Waals surface area contributed by atoms with E-state index in [2.05, 4.69) is 26.1 Å². The number of ether oxygens (including phenoxy) is 2.